The van der Waals surface area contributed by atoms with E-state index >= 15 is 0 Å². The van der Waals surface area contributed by atoms with Gasteiger partial charge in [-0.2, -0.15) is 0 Å². The number of amides is 2. The van der Waals surface area contributed by atoms with E-state index in [0.717, 1.165) is 18.4 Å². The molecule has 1 aliphatic heterocycles. The maximum absolute atomic E-state index is 12.3. The van der Waals surface area contributed by atoms with Gasteiger partial charge in [-0.25, -0.2) is 0 Å². The molecule has 0 bridgehead atoms. The van der Waals surface area contributed by atoms with Crippen molar-refractivity contribution in [2.75, 3.05) is 13.1 Å². The molecule has 0 radical (unpaired) electrons. The first-order chi connectivity index (χ1) is 8.58. The fraction of sp³-hybridized carbons (Fsp3) is 0.462. The zero-order chi connectivity index (χ0) is 13.1. The molecule has 2 heterocycles. The Morgan fingerprint density at radius 3 is 2.89 bits per heavy atom. The molecule has 0 saturated carbocycles. The molecule has 18 heavy (non-hydrogen) atoms. The molecule has 0 spiro atoms. The van der Waals surface area contributed by atoms with E-state index in [2.05, 4.69) is 4.98 Å². The molecule has 2 N–H and O–H groups in total. The lowest BCUT2D eigenvalue weighted by atomic mass is 9.97. The van der Waals surface area contributed by atoms with Gasteiger partial charge in [0.25, 0.3) is 5.91 Å². The van der Waals surface area contributed by atoms with Crippen molar-refractivity contribution < 1.29 is 9.59 Å². The third-order valence-corrected chi connectivity index (χ3v) is 3.23. The molecule has 1 saturated heterocycles. The molecule has 1 aliphatic rings. The number of nitrogens with two attached hydrogens (primary N) is 1. The number of piperidine rings is 1. The Kier molecular flexibility index (Phi) is 3.60. The van der Waals surface area contributed by atoms with Crippen molar-refractivity contribution in [3.8, 4) is 0 Å². The van der Waals surface area contributed by atoms with Crippen LogP contribution in [0.3, 0.4) is 0 Å². The van der Waals surface area contributed by atoms with Crippen molar-refractivity contribution in [1.29, 1.82) is 0 Å². The Bertz CT molecular complexity index is 473. The van der Waals surface area contributed by atoms with Crippen molar-refractivity contribution in [3.63, 3.8) is 0 Å². The fourth-order valence-corrected chi connectivity index (χ4v) is 2.25. The number of pyridine rings is 1. The number of primary amides is 1. The molecular formula is C13H17N3O2. The zero-order valence-corrected chi connectivity index (χ0v) is 10.4. The van der Waals surface area contributed by atoms with Crippen LogP contribution < -0.4 is 5.73 Å². The minimum Gasteiger partial charge on any atom is -0.369 e. The number of rotatable bonds is 2. The van der Waals surface area contributed by atoms with Gasteiger partial charge in [0.05, 0.1) is 11.5 Å². The lowest BCUT2D eigenvalue weighted by Crippen LogP contribution is -2.44. The Morgan fingerprint density at radius 1 is 1.44 bits per heavy atom. The van der Waals surface area contributed by atoms with Gasteiger partial charge in [-0.1, -0.05) is 0 Å². The van der Waals surface area contributed by atoms with Gasteiger partial charge < -0.3 is 10.6 Å². The van der Waals surface area contributed by atoms with Gasteiger partial charge in [0.1, 0.15) is 0 Å². The van der Waals surface area contributed by atoms with E-state index < -0.39 is 0 Å². The fourth-order valence-electron chi connectivity index (χ4n) is 2.25. The molecule has 0 aliphatic carbocycles. The van der Waals surface area contributed by atoms with Gasteiger partial charge in [0.15, 0.2) is 0 Å². The Labute approximate surface area is 106 Å². The van der Waals surface area contributed by atoms with Crippen molar-refractivity contribution >= 4 is 11.8 Å². The highest BCUT2D eigenvalue weighted by Gasteiger charge is 2.27. The number of hydrogen-bond acceptors (Lipinski definition) is 3. The largest absolute Gasteiger partial charge is 0.369 e. The summed E-state index contributed by atoms with van der Waals surface area (Å²) in [4.78, 5) is 29.1. The highest BCUT2D eigenvalue weighted by molar-refractivity contribution is 5.94. The van der Waals surface area contributed by atoms with Crippen molar-refractivity contribution in [3.05, 3.63) is 29.6 Å². The van der Waals surface area contributed by atoms with E-state index in [1.807, 2.05) is 13.0 Å². The summed E-state index contributed by atoms with van der Waals surface area (Å²) in [6.07, 6.45) is 4.85. The second kappa shape index (κ2) is 5.16. The van der Waals surface area contributed by atoms with E-state index in [0.29, 0.717) is 18.7 Å². The number of nitrogens with zero attached hydrogens (tertiary/aromatic N) is 2. The van der Waals surface area contributed by atoms with Gasteiger partial charge in [-0.05, 0) is 31.4 Å². The van der Waals surface area contributed by atoms with E-state index in [1.165, 1.54) is 0 Å². The molecule has 96 valence electrons. The van der Waals surface area contributed by atoms with E-state index in [-0.39, 0.29) is 17.7 Å². The summed E-state index contributed by atoms with van der Waals surface area (Å²) in [6, 6.07) is 1.81. The first-order valence-electron chi connectivity index (χ1n) is 6.08. The van der Waals surface area contributed by atoms with Crippen LogP contribution in [0.1, 0.15) is 28.8 Å². The average Bonchev–Trinajstić information content (AvgIpc) is 2.38. The predicted molar refractivity (Wildman–Crippen MR) is 66.8 cm³/mol. The first kappa shape index (κ1) is 12.5. The van der Waals surface area contributed by atoms with Crippen molar-refractivity contribution in [2.45, 2.75) is 19.8 Å². The normalized spacial score (nSPS) is 19.6. The average molecular weight is 247 g/mol. The van der Waals surface area contributed by atoms with Crippen LogP contribution >= 0.6 is 0 Å². The summed E-state index contributed by atoms with van der Waals surface area (Å²) in [5.74, 6) is -0.618. The van der Waals surface area contributed by atoms with Crippen molar-refractivity contribution in [1.82, 2.24) is 9.88 Å². The minimum absolute atomic E-state index is 0.0721. The van der Waals surface area contributed by atoms with Gasteiger partial charge in [-0.15, -0.1) is 0 Å². The topological polar surface area (TPSA) is 76.3 Å². The van der Waals surface area contributed by atoms with E-state index in [4.69, 9.17) is 5.73 Å². The monoisotopic (exact) mass is 247 g/mol. The van der Waals surface area contributed by atoms with Gasteiger partial charge >= 0.3 is 0 Å². The summed E-state index contributed by atoms with van der Waals surface area (Å²) in [5, 5.41) is 0. The quantitative estimate of drug-likeness (QED) is 0.837. The Morgan fingerprint density at radius 2 is 2.22 bits per heavy atom. The Hall–Kier alpha value is -1.91. The summed E-state index contributed by atoms with van der Waals surface area (Å²) in [7, 11) is 0. The highest BCUT2D eigenvalue weighted by atomic mass is 16.2. The second-order valence-corrected chi connectivity index (χ2v) is 4.74. The molecule has 2 amide bonds. The third kappa shape index (κ3) is 2.67. The molecule has 1 unspecified atom stereocenters. The molecular weight excluding hydrogens is 230 g/mol. The number of likely N-dealkylation sites (tertiary alicyclic amines) is 1. The Balaban J connectivity index is 2.11. The maximum Gasteiger partial charge on any atom is 0.255 e. The predicted octanol–water partition coefficient (Wildman–Crippen LogP) is 0.728. The first-order valence-corrected chi connectivity index (χ1v) is 6.08. The summed E-state index contributed by atoms with van der Waals surface area (Å²) >= 11 is 0. The van der Waals surface area contributed by atoms with Crippen LogP contribution in [-0.4, -0.2) is 34.8 Å². The van der Waals surface area contributed by atoms with Gasteiger partial charge in [0, 0.05) is 25.5 Å². The van der Waals surface area contributed by atoms with Crippen LogP contribution in [0.4, 0.5) is 0 Å². The highest BCUT2D eigenvalue weighted by Crippen LogP contribution is 2.18. The van der Waals surface area contributed by atoms with E-state index in [1.54, 1.807) is 17.3 Å². The second-order valence-electron chi connectivity index (χ2n) is 4.74. The number of carbonyl (C=O) groups excluding carboxylic acids is 2. The van der Waals surface area contributed by atoms with Crippen LogP contribution in [0.25, 0.3) is 0 Å². The standard InChI is InChI=1S/C13H17N3O2/c1-9-5-11(7-15-6-9)13(18)16-4-2-3-10(8-16)12(14)17/h5-7,10H,2-4,8H2,1H3,(H2,14,17). The third-order valence-electron chi connectivity index (χ3n) is 3.23. The lowest BCUT2D eigenvalue weighted by Gasteiger charge is -2.31. The van der Waals surface area contributed by atoms with Gasteiger partial charge in [-0.3, -0.25) is 14.6 Å². The van der Waals surface area contributed by atoms with Crippen LogP contribution in [0.5, 0.6) is 0 Å². The molecule has 1 fully saturated rings. The summed E-state index contributed by atoms with van der Waals surface area (Å²) in [5.41, 5.74) is 6.82. The van der Waals surface area contributed by atoms with Crippen LogP contribution in [0, 0.1) is 12.8 Å². The smallest absolute Gasteiger partial charge is 0.255 e. The lowest BCUT2D eigenvalue weighted by molar-refractivity contribution is -0.123. The molecule has 2 rings (SSSR count). The van der Waals surface area contributed by atoms with Crippen molar-refractivity contribution in [2.24, 2.45) is 11.7 Å². The number of aromatic nitrogens is 1. The van der Waals surface area contributed by atoms with Gasteiger partial charge in [0.2, 0.25) is 5.91 Å². The van der Waals surface area contributed by atoms with Crippen LogP contribution in [0.2, 0.25) is 0 Å². The van der Waals surface area contributed by atoms with E-state index in [9.17, 15) is 9.59 Å². The molecule has 1 atom stereocenters. The zero-order valence-electron chi connectivity index (χ0n) is 10.4. The SMILES string of the molecule is Cc1cncc(C(=O)N2CCCC(C(N)=O)C2)c1. The minimum atomic E-state index is -0.324. The maximum atomic E-state index is 12.3. The number of hydrogen-bond donors (Lipinski definition) is 1. The number of carbonyl (C=O) groups is 2. The molecule has 1 aromatic rings. The van der Waals surface area contributed by atoms with Crippen LogP contribution in [-0.2, 0) is 4.79 Å². The molecule has 0 aromatic carbocycles. The summed E-state index contributed by atoms with van der Waals surface area (Å²) < 4.78 is 0. The molecule has 1 aromatic heterocycles. The summed E-state index contributed by atoms with van der Waals surface area (Å²) in [6.45, 7) is 2.99. The molecule has 5 heteroatoms. The molecule has 5 nitrogen and oxygen atoms in total. The van der Waals surface area contributed by atoms with Crippen LogP contribution in [0.15, 0.2) is 18.5 Å². The number of aryl methyl sites for hydroxylation is 1.